The molecule has 7 nitrogen and oxygen atoms in total. The highest BCUT2D eigenvalue weighted by molar-refractivity contribution is 9.10. The summed E-state index contributed by atoms with van der Waals surface area (Å²) in [4.78, 5) is 27.7. The van der Waals surface area contributed by atoms with Gasteiger partial charge in [-0.05, 0) is 49.1 Å². The number of rotatable bonds is 11. The van der Waals surface area contributed by atoms with Crippen LogP contribution in [-0.2, 0) is 32.6 Å². The van der Waals surface area contributed by atoms with Gasteiger partial charge in [-0.3, -0.25) is 13.9 Å². The second kappa shape index (κ2) is 12.2. The molecule has 2 aromatic rings. The van der Waals surface area contributed by atoms with Crippen LogP contribution >= 0.6 is 15.9 Å². The molecule has 2 amide bonds. The average Bonchev–Trinajstić information content (AvgIpc) is 2.78. The fourth-order valence-corrected chi connectivity index (χ4v) is 4.79. The van der Waals surface area contributed by atoms with Gasteiger partial charge in [0, 0.05) is 17.6 Å². The van der Waals surface area contributed by atoms with Gasteiger partial charge < -0.3 is 10.2 Å². The van der Waals surface area contributed by atoms with Crippen molar-refractivity contribution in [2.45, 2.75) is 46.2 Å². The Labute approximate surface area is 205 Å². The maximum atomic E-state index is 13.5. The zero-order chi connectivity index (χ0) is 24.6. The molecule has 0 aliphatic heterocycles. The predicted molar refractivity (Wildman–Crippen MR) is 135 cm³/mol. The Bertz CT molecular complexity index is 1070. The Balaban J connectivity index is 2.41. The number of nitrogens with one attached hydrogen (secondary N) is 1. The molecule has 0 saturated carbocycles. The molecule has 1 unspecified atom stereocenters. The van der Waals surface area contributed by atoms with Crippen molar-refractivity contribution in [3.8, 4) is 0 Å². The van der Waals surface area contributed by atoms with Gasteiger partial charge in [-0.15, -0.1) is 0 Å². The molecular formula is C24H32BrN3O4S. The topological polar surface area (TPSA) is 86.8 Å². The molecule has 1 atom stereocenters. The number of aryl methyl sites for hydroxylation is 1. The Kier molecular flexibility index (Phi) is 9.91. The van der Waals surface area contributed by atoms with Crippen LogP contribution in [0.2, 0.25) is 0 Å². The summed E-state index contributed by atoms with van der Waals surface area (Å²) in [6.07, 6.45) is 2.48. The van der Waals surface area contributed by atoms with E-state index >= 15 is 0 Å². The van der Waals surface area contributed by atoms with Crippen molar-refractivity contribution in [1.82, 2.24) is 10.2 Å². The lowest BCUT2D eigenvalue weighted by atomic mass is 10.1. The van der Waals surface area contributed by atoms with E-state index in [4.69, 9.17) is 0 Å². The third kappa shape index (κ3) is 7.57. The smallest absolute Gasteiger partial charge is 0.244 e. The van der Waals surface area contributed by atoms with Crippen molar-refractivity contribution in [1.29, 1.82) is 0 Å². The standard InChI is InChI=1S/C24H32BrN3O4S/c1-5-14-26-24(30)18(3)27(16-19-10-9-12-21(25)15-19)23(29)17-28(33(4,31)32)22-13-8-7-11-20(22)6-2/h7-13,15,18H,5-6,14,16-17H2,1-4H3,(H,26,30). The van der Waals surface area contributed by atoms with Crippen LogP contribution in [0.5, 0.6) is 0 Å². The molecule has 1 N–H and O–H groups in total. The number of carbonyl (C=O) groups is 2. The highest BCUT2D eigenvalue weighted by Crippen LogP contribution is 2.24. The first-order valence-electron chi connectivity index (χ1n) is 11.0. The highest BCUT2D eigenvalue weighted by atomic mass is 79.9. The van der Waals surface area contributed by atoms with Crippen molar-refractivity contribution in [3.05, 3.63) is 64.1 Å². The van der Waals surface area contributed by atoms with Gasteiger partial charge in [-0.25, -0.2) is 8.42 Å². The minimum Gasteiger partial charge on any atom is -0.354 e. The van der Waals surface area contributed by atoms with E-state index in [1.807, 2.05) is 50.2 Å². The Morgan fingerprint density at radius 3 is 2.39 bits per heavy atom. The number of hydrogen-bond acceptors (Lipinski definition) is 4. The van der Waals surface area contributed by atoms with E-state index in [1.165, 1.54) is 4.90 Å². The molecule has 0 fully saturated rings. The summed E-state index contributed by atoms with van der Waals surface area (Å²) in [6, 6.07) is 13.8. The van der Waals surface area contributed by atoms with Gasteiger partial charge in [0.1, 0.15) is 12.6 Å². The van der Waals surface area contributed by atoms with Crippen LogP contribution in [0.25, 0.3) is 0 Å². The van der Waals surface area contributed by atoms with E-state index in [-0.39, 0.29) is 12.5 Å². The van der Waals surface area contributed by atoms with Crippen LogP contribution in [0, 0.1) is 0 Å². The van der Waals surface area contributed by atoms with Gasteiger partial charge in [0.25, 0.3) is 0 Å². The van der Waals surface area contributed by atoms with Crippen molar-refractivity contribution >= 4 is 43.5 Å². The fraction of sp³-hybridized carbons (Fsp3) is 0.417. The average molecular weight is 539 g/mol. The number of carbonyl (C=O) groups excluding carboxylic acids is 2. The zero-order valence-corrected chi connectivity index (χ0v) is 21.9. The van der Waals surface area contributed by atoms with E-state index in [2.05, 4.69) is 21.2 Å². The van der Waals surface area contributed by atoms with Gasteiger partial charge in [0.15, 0.2) is 0 Å². The number of benzene rings is 2. The Morgan fingerprint density at radius 1 is 1.09 bits per heavy atom. The summed E-state index contributed by atoms with van der Waals surface area (Å²) < 4.78 is 27.3. The highest BCUT2D eigenvalue weighted by Gasteiger charge is 2.30. The largest absolute Gasteiger partial charge is 0.354 e. The van der Waals surface area contributed by atoms with Crippen LogP contribution in [0.4, 0.5) is 5.69 Å². The molecule has 0 heterocycles. The quantitative estimate of drug-likeness (QED) is 0.473. The summed E-state index contributed by atoms with van der Waals surface area (Å²) in [7, 11) is -3.74. The Morgan fingerprint density at radius 2 is 1.79 bits per heavy atom. The van der Waals surface area contributed by atoms with E-state index in [9.17, 15) is 18.0 Å². The van der Waals surface area contributed by atoms with Crippen molar-refractivity contribution in [3.63, 3.8) is 0 Å². The van der Waals surface area contributed by atoms with Crippen LogP contribution in [0.3, 0.4) is 0 Å². The molecule has 0 saturated heterocycles. The van der Waals surface area contributed by atoms with Gasteiger partial charge in [0.05, 0.1) is 11.9 Å². The third-order valence-electron chi connectivity index (χ3n) is 5.28. The maximum Gasteiger partial charge on any atom is 0.244 e. The van der Waals surface area contributed by atoms with E-state index in [0.717, 1.165) is 32.6 Å². The number of hydrogen-bond donors (Lipinski definition) is 1. The number of sulfonamides is 1. The second-order valence-electron chi connectivity index (χ2n) is 7.87. The molecule has 2 aromatic carbocycles. The minimum absolute atomic E-state index is 0.173. The molecule has 0 bridgehead atoms. The molecule has 33 heavy (non-hydrogen) atoms. The summed E-state index contributed by atoms with van der Waals surface area (Å²) in [5.74, 6) is -0.731. The van der Waals surface area contributed by atoms with Gasteiger partial charge in [-0.1, -0.05) is 60.1 Å². The number of halogens is 1. The lowest BCUT2D eigenvalue weighted by Gasteiger charge is -2.32. The van der Waals surface area contributed by atoms with Gasteiger partial charge >= 0.3 is 0 Å². The number of amides is 2. The van der Waals surface area contributed by atoms with Crippen molar-refractivity contribution in [2.75, 3.05) is 23.7 Å². The summed E-state index contributed by atoms with van der Waals surface area (Å²) >= 11 is 3.43. The van der Waals surface area contributed by atoms with Crippen molar-refractivity contribution < 1.29 is 18.0 Å². The predicted octanol–water partition coefficient (Wildman–Crippen LogP) is 3.72. The number of anilines is 1. The summed E-state index contributed by atoms with van der Waals surface area (Å²) in [5, 5.41) is 2.82. The van der Waals surface area contributed by atoms with Crippen LogP contribution in [0.15, 0.2) is 53.0 Å². The molecule has 2 rings (SSSR count). The van der Waals surface area contributed by atoms with Crippen molar-refractivity contribution in [2.24, 2.45) is 0 Å². The summed E-state index contributed by atoms with van der Waals surface area (Å²) in [5.41, 5.74) is 2.12. The molecule has 0 aliphatic rings. The van der Waals surface area contributed by atoms with E-state index in [1.54, 1.807) is 19.1 Å². The second-order valence-corrected chi connectivity index (χ2v) is 10.7. The summed E-state index contributed by atoms with van der Waals surface area (Å²) in [6.45, 7) is 5.82. The third-order valence-corrected chi connectivity index (χ3v) is 6.90. The molecule has 0 spiro atoms. The monoisotopic (exact) mass is 537 g/mol. The van der Waals surface area contributed by atoms with E-state index in [0.29, 0.717) is 18.7 Å². The molecule has 180 valence electrons. The molecular weight excluding hydrogens is 506 g/mol. The molecule has 9 heteroatoms. The SMILES string of the molecule is CCCNC(=O)C(C)N(Cc1cccc(Br)c1)C(=O)CN(c1ccccc1CC)S(C)(=O)=O. The van der Waals surface area contributed by atoms with Crippen LogP contribution in [0.1, 0.15) is 38.3 Å². The number of para-hydroxylation sites is 1. The lowest BCUT2D eigenvalue weighted by molar-refractivity contribution is -0.139. The molecule has 0 aromatic heterocycles. The first-order valence-corrected chi connectivity index (χ1v) is 13.6. The molecule has 0 radical (unpaired) electrons. The van der Waals surface area contributed by atoms with Crippen LogP contribution < -0.4 is 9.62 Å². The first-order chi connectivity index (χ1) is 15.6. The van der Waals surface area contributed by atoms with E-state index < -0.39 is 28.5 Å². The maximum absolute atomic E-state index is 13.5. The minimum atomic E-state index is -3.74. The first kappa shape index (κ1) is 26.9. The van der Waals surface area contributed by atoms with Gasteiger partial charge in [0.2, 0.25) is 21.8 Å². The Hall–Kier alpha value is -2.39. The molecule has 0 aliphatic carbocycles. The number of nitrogens with zero attached hydrogens (tertiary/aromatic N) is 2. The van der Waals surface area contributed by atoms with Gasteiger partial charge in [-0.2, -0.15) is 0 Å². The normalized spacial score (nSPS) is 12.2. The van der Waals surface area contributed by atoms with Crippen LogP contribution in [-0.4, -0.2) is 50.5 Å². The lowest BCUT2D eigenvalue weighted by Crippen LogP contribution is -2.51. The zero-order valence-electron chi connectivity index (χ0n) is 19.5. The fourth-order valence-electron chi connectivity index (χ4n) is 3.46.